The van der Waals surface area contributed by atoms with Crippen LogP contribution < -0.4 is 5.32 Å². The SMILES string of the molecule is CCCNC(CC)c1nnc(Cc2ccccc2F)o1. The lowest BCUT2D eigenvalue weighted by Crippen LogP contribution is -2.21. The van der Waals surface area contributed by atoms with Gasteiger partial charge in [-0.25, -0.2) is 4.39 Å². The predicted molar refractivity (Wildman–Crippen MR) is 74.8 cm³/mol. The Hall–Kier alpha value is -1.75. The first kappa shape index (κ1) is 14.7. The van der Waals surface area contributed by atoms with Gasteiger partial charge in [0, 0.05) is 0 Å². The van der Waals surface area contributed by atoms with Crippen LogP contribution in [0, 0.1) is 5.82 Å². The first-order valence-electron chi connectivity index (χ1n) is 7.03. The Balaban J connectivity index is 2.06. The molecule has 2 rings (SSSR count). The average molecular weight is 277 g/mol. The third-order valence-electron chi connectivity index (χ3n) is 3.13. The second kappa shape index (κ2) is 7.14. The highest BCUT2D eigenvalue weighted by atomic mass is 19.1. The number of benzene rings is 1. The summed E-state index contributed by atoms with van der Waals surface area (Å²) in [4.78, 5) is 0. The summed E-state index contributed by atoms with van der Waals surface area (Å²) in [5.41, 5.74) is 0.567. The molecular weight excluding hydrogens is 257 g/mol. The summed E-state index contributed by atoms with van der Waals surface area (Å²) >= 11 is 0. The van der Waals surface area contributed by atoms with Crippen LogP contribution in [0.5, 0.6) is 0 Å². The fourth-order valence-electron chi connectivity index (χ4n) is 2.01. The van der Waals surface area contributed by atoms with E-state index in [1.165, 1.54) is 6.07 Å². The Morgan fingerprint density at radius 3 is 2.75 bits per heavy atom. The third-order valence-corrected chi connectivity index (χ3v) is 3.13. The van der Waals surface area contributed by atoms with Crippen LogP contribution in [0.1, 0.15) is 50.1 Å². The van der Waals surface area contributed by atoms with Crippen LogP contribution in [-0.4, -0.2) is 16.7 Å². The van der Waals surface area contributed by atoms with Gasteiger partial charge < -0.3 is 9.73 Å². The van der Waals surface area contributed by atoms with Gasteiger partial charge >= 0.3 is 0 Å². The van der Waals surface area contributed by atoms with Gasteiger partial charge in [0.1, 0.15) is 5.82 Å². The molecular formula is C15H20FN3O. The van der Waals surface area contributed by atoms with Gasteiger partial charge in [-0.2, -0.15) is 0 Å². The van der Waals surface area contributed by atoms with Gasteiger partial charge in [-0.05, 0) is 31.0 Å². The molecule has 1 aromatic carbocycles. The molecule has 2 aromatic rings. The molecule has 108 valence electrons. The molecule has 0 bridgehead atoms. The third kappa shape index (κ3) is 3.63. The Kier molecular flexibility index (Phi) is 5.24. The summed E-state index contributed by atoms with van der Waals surface area (Å²) in [5, 5.41) is 11.4. The molecule has 0 saturated heterocycles. The van der Waals surface area contributed by atoms with Gasteiger partial charge in [0.15, 0.2) is 0 Å². The van der Waals surface area contributed by atoms with Crippen molar-refractivity contribution < 1.29 is 8.81 Å². The molecule has 20 heavy (non-hydrogen) atoms. The number of rotatable bonds is 7. The molecule has 1 N–H and O–H groups in total. The fraction of sp³-hybridized carbons (Fsp3) is 0.467. The van der Waals surface area contributed by atoms with Crippen LogP contribution in [0.4, 0.5) is 4.39 Å². The summed E-state index contributed by atoms with van der Waals surface area (Å²) < 4.78 is 19.2. The van der Waals surface area contributed by atoms with E-state index in [0.29, 0.717) is 23.8 Å². The van der Waals surface area contributed by atoms with Gasteiger partial charge in [-0.3, -0.25) is 0 Å². The molecule has 0 fully saturated rings. The summed E-state index contributed by atoms with van der Waals surface area (Å²) in [6, 6.07) is 6.69. The Morgan fingerprint density at radius 1 is 1.25 bits per heavy atom. The Morgan fingerprint density at radius 2 is 2.05 bits per heavy atom. The molecule has 0 amide bonds. The van der Waals surface area contributed by atoms with Crippen LogP contribution in [0.3, 0.4) is 0 Å². The standard InChI is InChI=1S/C15H20FN3O/c1-3-9-17-13(4-2)15-19-18-14(20-15)10-11-7-5-6-8-12(11)16/h5-8,13,17H,3-4,9-10H2,1-2H3. The molecule has 0 aliphatic heterocycles. The van der Waals surface area contributed by atoms with E-state index in [2.05, 4.69) is 29.4 Å². The first-order chi connectivity index (χ1) is 9.74. The number of hydrogen-bond acceptors (Lipinski definition) is 4. The number of nitrogens with one attached hydrogen (secondary N) is 1. The zero-order chi connectivity index (χ0) is 14.4. The Labute approximate surface area is 118 Å². The van der Waals surface area contributed by atoms with Crippen molar-refractivity contribution in [3.8, 4) is 0 Å². The van der Waals surface area contributed by atoms with Crippen molar-refractivity contribution in [2.75, 3.05) is 6.54 Å². The largest absolute Gasteiger partial charge is 0.423 e. The lowest BCUT2D eigenvalue weighted by atomic mass is 10.1. The molecule has 0 aliphatic carbocycles. The van der Waals surface area contributed by atoms with E-state index in [-0.39, 0.29) is 11.9 Å². The molecule has 1 heterocycles. The minimum absolute atomic E-state index is 0.0665. The average Bonchev–Trinajstić information content (AvgIpc) is 2.91. The van der Waals surface area contributed by atoms with Crippen LogP contribution in [0.25, 0.3) is 0 Å². The van der Waals surface area contributed by atoms with Crippen molar-refractivity contribution in [2.24, 2.45) is 0 Å². The number of nitrogens with zero attached hydrogens (tertiary/aromatic N) is 2. The number of aromatic nitrogens is 2. The monoisotopic (exact) mass is 277 g/mol. The van der Waals surface area contributed by atoms with E-state index in [9.17, 15) is 4.39 Å². The van der Waals surface area contributed by atoms with Crippen molar-refractivity contribution in [3.63, 3.8) is 0 Å². The summed E-state index contributed by atoms with van der Waals surface area (Å²) in [7, 11) is 0. The van der Waals surface area contributed by atoms with Crippen molar-refractivity contribution >= 4 is 0 Å². The van der Waals surface area contributed by atoms with Crippen molar-refractivity contribution in [1.29, 1.82) is 0 Å². The van der Waals surface area contributed by atoms with Crippen LogP contribution in [0.2, 0.25) is 0 Å². The fourth-order valence-corrected chi connectivity index (χ4v) is 2.01. The van der Waals surface area contributed by atoms with E-state index in [1.54, 1.807) is 18.2 Å². The van der Waals surface area contributed by atoms with Gasteiger partial charge in [-0.1, -0.05) is 32.0 Å². The van der Waals surface area contributed by atoms with E-state index in [1.807, 2.05) is 0 Å². The maximum atomic E-state index is 13.6. The van der Waals surface area contributed by atoms with E-state index in [0.717, 1.165) is 19.4 Å². The Bertz CT molecular complexity index is 541. The maximum Gasteiger partial charge on any atom is 0.233 e. The zero-order valence-electron chi connectivity index (χ0n) is 11.9. The van der Waals surface area contributed by atoms with Crippen molar-refractivity contribution in [2.45, 2.75) is 39.2 Å². The van der Waals surface area contributed by atoms with Crippen LogP contribution in [-0.2, 0) is 6.42 Å². The van der Waals surface area contributed by atoms with Gasteiger partial charge in [0.05, 0.1) is 12.5 Å². The van der Waals surface area contributed by atoms with Gasteiger partial charge in [-0.15, -0.1) is 10.2 Å². The first-order valence-corrected chi connectivity index (χ1v) is 7.03. The topological polar surface area (TPSA) is 51.0 Å². The summed E-state index contributed by atoms with van der Waals surface area (Å²) in [6.07, 6.45) is 2.25. The molecule has 0 radical (unpaired) electrons. The lowest BCUT2D eigenvalue weighted by Gasteiger charge is -2.11. The zero-order valence-corrected chi connectivity index (χ0v) is 11.9. The van der Waals surface area contributed by atoms with Crippen molar-refractivity contribution in [1.82, 2.24) is 15.5 Å². The highest BCUT2D eigenvalue weighted by Crippen LogP contribution is 2.17. The molecule has 4 nitrogen and oxygen atoms in total. The summed E-state index contributed by atoms with van der Waals surface area (Å²) in [5.74, 6) is 0.775. The molecule has 0 spiro atoms. The number of hydrogen-bond donors (Lipinski definition) is 1. The second-order valence-corrected chi connectivity index (χ2v) is 4.72. The molecule has 1 atom stereocenters. The van der Waals surface area contributed by atoms with E-state index < -0.39 is 0 Å². The normalized spacial score (nSPS) is 12.6. The van der Waals surface area contributed by atoms with Gasteiger partial charge in [0.2, 0.25) is 11.8 Å². The highest BCUT2D eigenvalue weighted by molar-refractivity contribution is 5.20. The quantitative estimate of drug-likeness (QED) is 0.844. The molecule has 0 aliphatic rings. The van der Waals surface area contributed by atoms with Crippen LogP contribution >= 0.6 is 0 Å². The molecule has 1 unspecified atom stereocenters. The maximum absolute atomic E-state index is 13.6. The predicted octanol–water partition coefficient (Wildman–Crippen LogP) is 3.25. The van der Waals surface area contributed by atoms with E-state index >= 15 is 0 Å². The molecule has 1 aromatic heterocycles. The minimum atomic E-state index is -0.247. The second-order valence-electron chi connectivity index (χ2n) is 4.72. The lowest BCUT2D eigenvalue weighted by molar-refractivity contribution is 0.375. The summed E-state index contributed by atoms with van der Waals surface area (Å²) in [6.45, 7) is 5.08. The smallest absolute Gasteiger partial charge is 0.233 e. The highest BCUT2D eigenvalue weighted by Gasteiger charge is 2.16. The van der Waals surface area contributed by atoms with Gasteiger partial charge in [0.25, 0.3) is 0 Å². The molecule has 0 saturated carbocycles. The molecule has 5 heteroatoms. The minimum Gasteiger partial charge on any atom is -0.423 e. The van der Waals surface area contributed by atoms with E-state index in [4.69, 9.17) is 4.42 Å². The number of halogens is 1. The van der Waals surface area contributed by atoms with Crippen LogP contribution in [0.15, 0.2) is 28.7 Å². The van der Waals surface area contributed by atoms with Crippen molar-refractivity contribution in [3.05, 3.63) is 47.4 Å².